The summed E-state index contributed by atoms with van der Waals surface area (Å²) in [5, 5.41) is 9.94. The van der Waals surface area contributed by atoms with Crippen LogP contribution in [0.15, 0.2) is 24.3 Å². The van der Waals surface area contributed by atoms with E-state index in [1.165, 1.54) is 18.9 Å². The van der Waals surface area contributed by atoms with Crippen molar-refractivity contribution in [1.29, 1.82) is 0 Å². The van der Waals surface area contributed by atoms with Gasteiger partial charge in [-0.1, -0.05) is 50.6 Å². The number of esters is 1. The topological polar surface area (TPSA) is 83.9 Å². The number of carbonyl (C=O) groups excluding carboxylic acids is 2. The monoisotopic (exact) mass is 375 g/mol. The lowest BCUT2D eigenvalue weighted by Crippen LogP contribution is -2.52. The van der Waals surface area contributed by atoms with Gasteiger partial charge in [-0.15, -0.1) is 0 Å². The summed E-state index contributed by atoms with van der Waals surface area (Å²) in [7, 11) is 1.29. The minimum Gasteiger partial charge on any atom is -0.480 e. The highest BCUT2D eigenvalue weighted by atomic mass is 16.5. The third-order valence-electron chi connectivity index (χ3n) is 5.11. The van der Waals surface area contributed by atoms with Crippen molar-refractivity contribution in [2.24, 2.45) is 11.3 Å². The van der Waals surface area contributed by atoms with Crippen molar-refractivity contribution in [3.05, 3.63) is 35.4 Å². The number of aliphatic carboxylic acids is 1. The molecule has 0 bridgehead atoms. The van der Waals surface area contributed by atoms with Crippen LogP contribution in [-0.2, 0) is 19.1 Å². The number of carboxylic acids is 1. The summed E-state index contributed by atoms with van der Waals surface area (Å²) in [6.45, 7) is 9.22. The standard InChI is InChI=1S/C21H29NO5/c1-13-8-7-9-14(10-13)17-15(18(24)27-6)11-21(5,19(25)26)22(17)16(23)12-20(2,3)4/h7-10,15,17H,11-12H2,1-6H3,(H,25,26). The van der Waals surface area contributed by atoms with Crippen LogP contribution in [-0.4, -0.2) is 40.5 Å². The van der Waals surface area contributed by atoms with Crippen LogP contribution < -0.4 is 0 Å². The van der Waals surface area contributed by atoms with E-state index in [1.807, 2.05) is 52.0 Å². The van der Waals surface area contributed by atoms with E-state index in [-0.39, 0.29) is 24.2 Å². The molecule has 1 amide bonds. The molecule has 0 spiro atoms. The molecule has 1 fully saturated rings. The fraction of sp³-hybridized carbons (Fsp3) is 0.571. The third kappa shape index (κ3) is 4.15. The summed E-state index contributed by atoms with van der Waals surface area (Å²) in [4.78, 5) is 39.3. The zero-order valence-corrected chi connectivity index (χ0v) is 16.9. The predicted molar refractivity (Wildman–Crippen MR) is 101 cm³/mol. The highest BCUT2D eigenvalue weighted by Crippen LogP contribution is 2.48. The highest BCUT2D eigenvalue weighted by molar-refractivity contribution is 5.90. The van der Waals surface area contributed by atoms with Crippen LogP contribution in [0.1, 0.15) is 57.7 Å². The maximum atomic E-state index is 13.2. The van der Waals surface area contributed by atoms with Gasteiger partial charge in [0.25, 0.3) is 0 Å². The van der Waals surface area contributed by atoms with Crippen LogP contribution in [0.4, 0.5) is 0 Å². The molecule has 3 unspecified atom stereocenters. The maximum Gasteiger partial charge on any atom is 0.329 e. The van der Waals surface area contributed by atoms with Crippen LogP contribution >= 0.6 is 0 Å². The number of ether oxygens (including phenoxy) is 1. The maximum absolute atomic E-state index is 13.2. The number of hydrogen-bond acceptors (Lipinski definition) is 4. The van der Waals surface area contributed by atoms with Crippen molar-refractivity contribution in [2.45, 2.75) is 59.0 Å². The molecular formula is C21H29NO5. The SMILES string of the molecule is COC(=O)C1CC(C)(C(=O)O)N(C(=O)CC(C)(C)C)C1c1cccc(C)c1. The van der Waals surface area contributed by atoms with Crippen molar-refractivity contribution < 1.29 is 24.2 Å². The van der Waals surface area contributed by atoms with E-state index < -0.39 is 29.4 Å². The molecule has 0 aliphatic carbocycles. The molecule has 3 atom stereocenters. The van der Waals surface area contributed by atoms with Gasteiger partial charge in [-0.2, -0.15) is 0 Å². The van der Waals surface area contributed by atoms with E-state index in [1.54, 1.807) is 0 Å². The van der Waals surface area contributed by atoms with E-state index in [2.05, 4.69) is 0 Å². The quantitative estimate of drug-likeness (QED) is 0.816. The Hall–Kier alpha value is -2.37. The first-order chi connectivity index (χ1) is 12.4. The van der Waals surface area contributed by atoms with Gasteiger partial charge < -0.3 is 14.7 Å². The Morgan fingerprint density at radius 1 is 1.30 bits per heavy atom. The summed E-state index contributed by atoms with van der Waals surface area (Å²) >= 11 is 0. The Kier molecular flexibility index (Phi) is 5.68. The van der Waals surface area contributed by atoms with Crippen LogP contribution in [0.2, 0.25) is 0 Å². The Balaban J connectivity index is 2.63. The van der Waals surface area contributed by atoms with E-state index in [0.29, 0.717) is 0 Å². The number of methoxy groups -OCH3 is 1. The van der Waals surface area contributed by atoms with Gasteiger partial charge in [0.05, 0.1) is 19.1 Å². The van der Waals surface area contributed by atoms with Gasteiger partial charge in [0.2, 0.25) is 5.91 Å². The average Bonchev–Trinajstić information content (AvgIpc) is 2.87. The number of aryl methyl sites for hydroxylation is 1. The average molecular weight is 375 g/mol. The first kappa shape index (κ1) is 20.9. The Labute approximate surface area is 160 Å². The Bertz CT molecular complexity index is 751. The largest absolute Gasteiger partial charge is 0.480 e. The van der Waals surface area contributed by atoms with Gasteiger partial charge in [0, 0.05) is 6.42 Å². The molecule has 1 aliphatic rings. The number of carbonyl (C=O) groups is 3. The summed E-state index contributed by atoms with van der Waals surface area (Å²) < 4.78 is 4.95. The lowest BCUT2D eigenvalue weighted by molar-refractivity contribution is -0.158. The second-order valence-electron chi connectivity index (χ2n) is 8.77. The molecule has 0 saturated carbocycles. The second-order valence-corrected chi connectivity index (χ2v) is 8.77. The summed E-state index contributed by atoms with van der Waals surface area (Å²) in [5.41, 5.74) is -0.0621. The molecule has 1 aliphatic heterocycles. The zero-order valence-electron chi connectivity index (χ0n) is 16.9. The molecule has 6 heteroatoms. The van der Waals surface area contributed by atoms with E-state index >= 15 is 0 Å². The van der Waals surface area contributed by atoms with Gasteiger partial charge in [-0.05, 0) is 31.2 Å². The molecule has 6 nitrogen and oxygen atoms in total. The van der Waals surface area contributed by atoms with Crippen molar-refractivity contribution >= 4 is 17.8 Å². The molecule has 1 saturated heterocycles. The minimum absolute atomic E-state index is 0.0174. The Morgan fingerprint density at radius 2 is 1.93 bits per heavy atom. The van der Waals surface area contributed by atoms with Crippen molar-refractivity contribution in [1.82, 2.24) is 4.90 Å². The van der Waals surface area contributed by atoms with Crippen LogP contribution in [0.25, 0.3) is 0 Å². The number of nitrogens with zero attached hydrogens (tertiary/aromatic N) is 1. The normalized spacial score (nSPS) is 25.3. The summed E-state index contributed by atoms with van der Waals surface area (Å²) in [6, 6.07) is 6.82. The fourth-order valence-electron chi connectivity index (χ4n) is 3.88. The van der Waals surface area contributed by atoms with Gasteiger partial charge in [0.15, 0.2) is 0 Å². The molecule has 1 N–H and O–H groups in total. The molecule has 1 heterocycles. The predicted octanol–water partition coefficient (Wildman–Crippen LogP) is 3.34. The van der Waals surface area contributed by atoms with E-state index in [4.69, 9.17) is 4.74 Å². The minimum atomic E-state index is -1.48. The molecule has 0 aromatic heterocycles. The molecule has 27 heavy (non-hydrogen) atoms. The summed E-state index contributed by atoms with van der Waals surface area (Å²) in [5.74, 6) is -2.62. The van der Waals surface area contributed by atoms with Crippen LogP contribution in [0.3, 0.4) is 0 Å². The number of benzene rings is 1. The van der Waals surface area contributed by atoms with Gasteiger partial charge in [-0.3, -0.25) is 9.59 Å². The van der Waals surface area contributed by atoms with Crippen molar-refractivity contribution in [2.75, 3.05) is 7.11 Å². The molecule has 2 rings (SSSR count). The molecule has 0 radical (unpaired) electrons. The van der Waals surface area contributed by atoms with Gasteiger partial charge in [-0.25, -0.2) is 4.79 Å². The molecule has 1 aromatic carbocycles. The van der Waals surface area contributed by atoms with Gasteiger partial charge in [0.1, 0.15) is 5.54 Å². The number of rotatable bonds is 4. The third-order valence-corrected chi connectivity index (χ3v) is 5.11. The van der Waals surface area contributed by atoms with Crippen LogP contribution in [0.5, 0.6) is 0 Å². The lowest BCUT2D eigenvalue weighted by atomic mass is 9.90. The number of amides is 1. The summed E-state index contributed by atoms with van der Waals surface area (Å²) in [6.07, 6.45) is 0.204. The number of likely N-dealkylation sites (tertiary alicyclic amines) is 1. The van der Waals surface area contributed by atoms with E-state index in [0.717, 1.165) is 11.1 Å². The number of carboxylic acid groups (broad SMARTS) is 1. The highest BCUT2D eigenvalue weighted by Gasteiger charge is 2.58. The first-order valence-electron chi connectivity index (χ1n) is 9.10. The molecule has 148 valence electrons. The first-order valence-corrected chi connectivity index (χ1v) is 9.10. The van der Waals surface area contributed by atoms with Gasteiger partial charge >= 0.3 is 11.9 Å². The smallest absolute Gasteiger partial charge is 0.329 e. The zero-order chi connectivity index (χ0) is 20.6. The van der Waals surface area contributed by atoms with Crippen molar-refractivity contribution in [3.63, 3.8) is 0 Å². The molecular weight excluding hydrogens is 346 g/mol. The second kappa shape index (κ2) is 7.33. The lowest BCUT2D eigenvalue weighted by Gasteiger charge is -2.37. The van der Waals surface area contributed by atoms with Crippen molar-refractivity contribution in [3.8, 4) is 0 Å². The van der Waals surface area contributed by atoms with Crippen LogP contribution in [0, 0.1) is 18.3 Å². The molecule has 1 aromatic rings. The fourth-order valence-corrected chi connectivity index (χ4v) is 3.88. The van der Waals surface area contributed by atoms with E-state index in [9.17, 15) is 19.5 Å². The number of hydrogen-bond donors (Lipinski definition) is 1. The Morgan fingerprint density at radius 3 is 2.41 bits per heavy atom.